The molecule has 0 aliphatic carbocycles. The number of nitrogens with one attached hydrogen (secondary N) is 1. The number of anilines is 1. The van der Waals surface area contributed by atoms with Crippen LogP contribution in [0.3, 0.4) is 0 Å². The Morgan fingerprint density at radius 1 is 1.12 bits per heavy atom. The van der Waals surface area contributed by atoms with Crippen molar-refractivity contribution in [3.63, 3.8) is 0 Å². The first-order valence-electron chi connectivity index (χ1n) is 9.18. The highest BCUT2D eigenvalue weighted by Gasteiger charge is 2.29. The van der Waals surface area contributed by atoms with Crippen LogP contribution >= 0.6 is 0 Å². The van der Waals surface area contributed by atoms with Crippen LogP contribution in [0.5, 0.6) is 0 Å². The third-order valence-corrected chi connectivity index (χ3v) is 6.09. The van der Waals surface area contributed by atoms with Gasteiger partial charge in [-0.2, -0.15) is 0 Å². The minimum Gasteiger partial charge on any atom is -0.312 e. The van der Waals surface area contributed by atoms with Crippen LogP contribution in [0.4, 0.5) is 5.69 Å². The number of nitrogens with zero attached hydrogens (tertiary/aromatic N) is 2. The van der Waals surface area contributed by atoms with Crippen LogP contribution in [-0.2, 0) is 35.2 Å². The summed E-state index contributed by atoms with van der Waals surface area (Å²) in [6.45, 7) is 3.28. The molecule has 0 saturated carbocycles. The third kappa shape index (κ3) is 3.31. The van der Waals surface area contributed by atoms with Crippen LogP contribution < -0.4 is 9.62 Å². The molecule has 0 bridgehead atoms. The fraction of sp³-hybridized carbons (Fsp3) is 0.400. The second kappa shape index (κ2) is 7.29. The van der Waals surface area contributed by atoms with Crippen LogP contribution in [0.25, 0.3) is 11.1 Å². The van der Waals surface area contributed by atoms with Gasteiger partial charge in [-0.25, -0.2) is 8.93 Å². The number of aryl methyl sites for hydroxylation is 2. The standard InChI is InChI=1S/C20H23N3O2S/c1-2-26(25)22-12-14-8-18(13-21-11-14)17-9-15-4-3-7-23-19(24)6-5-16(10-17)20(15)23/h8-11,13,22H,2-7,12H2,1H3. The number of carbonyl (C=O) groups is 1. The number of hydrogen-bond acceptors (Lipinski definition) is 3. The van der Waals surface area contributed by atoms with E-state index < -0.39 is 11.0 Å². The summed E-state index contributed by atoms with van der Waals surface area (Å²) in [4.78, 5) is 18.6. The summed E-state index contributed by atoms with van der Waals surface area (Å²) in [7, 11) is -1.00. The highest BCUT2D eigenvalue weighted by atomic mass is 32.2. The van der Waals surface area contributed by atoms with Crippen molar-refractivity contribution in [2.45, 2.75) is 39.2 Å². The highest BCUT2D eigenvalue weighted by Crippen LogP contribution is 2.38. The third-order valence-electron chi connectivity index (χ3n) is 5.10. The number of rotatable bonds is 5. The molecule has 0 radical (unpaired) electrons. The van der Waals surface area contributed by atoms with Gasteiger partial charge in [0.15, 0.2) is 0 Å². The second-order valence-corrected chi connectivity index (χ2v) is 8.39. The van der Waals surface area contributed by atoms with E-state index in [2.05, 4.69) is 27.9 Å². The monoisotopic (exact) mass is 369 g/mol. The van der Waals surface area contributed by atoms with Gasteiger partial charge in [0.25, 0.3) is 0 Å². The Hall–Kier alpha value is -2.05. The van der Waals surface area contributed by atoms with Crippen molar-refractivity contribution in [2.24, 2.45) is 0 Å². The van der Waals surface area contributed by atoms with E-state index in [-0.39, 0.29) is 5.91 Å². The van der Waals surface area contributed by atoms with Crippen LogP contribution in [0, 0.1) is 0 Å². The maximum Gasteiger partial charge on any atom is 0.227 e. The summed E-state index contributed by atoms with van der Waals surface area (Å²) in [5.74, 6) is 0.848. The van der Waals surface area contributed by atoms with Crippen LogP contribution in [0.2, 0.25) is 0 Å². The van der Waals surface area contributed by atoms with Crippen LogP contribution in [0.15, 0.2) is 30.6 Å². The molecular formula is C20H23N3O2S. The summed E-state index contributed by atoms with van der Waals surface area (Å²) in [5, 5.41) is 0. The number of hydrogen-bond donors (Lipinski definition) is 1. The predicted molar refractivity (Wildman–Crippen MR) is 104 cm³/mol. The Bertz CT molecular complexity index is 864. The Morgan fingerprint density at radius 3 is 2.73 bits per heavy atom. The van der Waals surface area contributed by atoms with E-state index in [4.69, 9.17) is 0 Å². The highest BCUT2D eigenvalue weighted by molar-refractivity contribution is 7.82. The van der Waals surface area contributed by atoms with E-state index in [9.17, 15) is 9.00 Å². The molecule has 0 fully saturated rings. The maximum atomic E-state index is 12.2. The molecule has 1 aromatic heterocycles. The minimum atomic E-state index is -1.00. The molecule has 2 aromatic rings. The van der Waals surface area contributed by atoms with Crippen molar-refractivity contribution in [1.29, 1.82) is 0 Å². The molecule has 1 N–H and O–H groups in total. The largest absolute Gasteiger partial charge is 0.312 e. The summed E-state index contributed by atoms with van der Waals surface area (Å²) in [6.07, 6.45) is 7.14. The van der Waals surface area contributed by atoms with E-state index in [1.807, 2.05) is 24.2 Å². The fourth-order valence-corrected chi connectivity index (χ4v) is 4.36. The Morgan fingerprint density at radius 2 is 1.92 bits per heavy atom. The molecule has 1 unspecified atom stereocenters. The topological polar surface area (TPSA) is 62.3 Å². The van der Waals surface area contributed by atoms with Gasteiger partial charge in [-0.3, -0.25) is 9.78 Å². The molecule has 1 amide bonds. The van der Waals surface area contributed by atoms with Gasteiger partial charge in [0, 0.05) is 43.2 Å². The number of aromatic nitrogens is 1. The molecule has 3 heterocycles. The molecule has 2 aliphatic rings. The molecule has 26 heavy (non-hydrogen) atoms. The van der Waals surface area contributed by atoms with Crippen molar-refractivity contribution in [3.05, 3.63) is 47.3 Å². The summed E-state index contributed by atoms with van der Waals surface area (Å²) >= 11 is 0. The summed E-state index contributed by atoms with van der Waals surface area (Å²) < 4.78 is 14.6. The summed E-state index contributed by atoms with van der Waals surface area (Å²) in [5.41, 5.74) is 6.94. The van der Waals surface area contributed by atoms with Gasteiger partial charge in [0.1, 0.15) is 0 Å². The summed E-state index contributed by atoms with van der Waals surface area (Å²) in [6, 6.07) is 6.53. The smallest absolute Gasteiger partial charge is 0.227 e. The predicted octanol–water partition coefficient (Wildman–Crippen LogP) is 2.75. The number of pyridine rings is 1. The molecule has 4 rings (SSSR count). The van der Waals surface area contributed by atoms with E-state index in [1.54, 1.807) is 0 Å². The van der Waals surface area contributed by atoms with Gasteiger partial charge < -0.3 is 4.90 Å². The van der Waals surface area contributed by atoms with E-state index in [0.29, 0.717) is 18.7 Å². The van der Waals surface area contributed by atoms with Gasteiger partial charge in [0.05, 0.1) is 16.7 Å². The lowest BCUT2D eigenvalue weighted by molar-refractivity contribution is -0.119. The van der Waals surface area contributed by atoms with Gasteiger partial charge in [-0.1, -0.05) is 6.92 Å². The molecule has 136 valence electrons. The SMILES string of the molecule is CCS(=O)NCc1cncc(-c2cc3c4c(c2)CCC(=O)N4CCC3)c1. The molecular weight excluding hydrogens is 346 g/mol. The molecule has 6 heteroatoms. The molecule has 0 saturated heterocycles. The zero-order valence-electron chi connectivity index (χ0n) is 15.0. The maximum absolute atomic E-state index is 12.2. The average molecular weight is 369 g/mol. The second-order valence-electron chi connectivity index (χ2n) is 6.83. The first kappa shape index (κ1) is 17.4. The zero-order chi connectivity index (χ0) is 18.1. The fourth-order valence-electron chi connectivity index (χ4n) is 3.83. The van der Waals surface area contributed by atoms with Crippen molar-refractivity contribution in [2.75, 3.05) is 17.2 Å². The molecule has 0 spiro atoms. The minimum absolute atomic E-state index is 0.255. The van der Waals surface area contributed by atoms with Gasteiger partial charge in [0.2, 0.25) is 5.91 Å². The van der Waals surface area contributed by atoms with Crippen molar-refractivity contribution >= 4 is 22.6 Å². The van der Waals surface area contributed by atoms with Crippen molar-refractivity contribution in [3.8, 4) is 11.1 Å². The lowest BCUT2D eigenvalue weighted by Crippen LogP contribution is -2.39. The van der Waals surface area contributed by atoms with E-state index in [0.717, 1.165) is 48.2 Å². The van der Waals surface area contributed by atoms with Crippen LogP contribution in [-0.4, -0.2) is 27.4 Å². The van der Waals surface area contributed by atoms with Crippen molar-refractivity contribution in [1.82, 2.24) is 9.71 Å². The van der Waals surface area contributed by atoms with E-state index in [1.165, 1.54) is 11.1 Å². The number of carbonyl (C=O) groups excluding carboxylic acids is 1. The average Bonchev–Trinajstić information content (AvgIpc) is 2.69. The molecule has 1 aromatic carbocycles. The van der Waals surface area contributed by atoms with Gasteiger partial charge in [-0.15, -0.1) is 0 Å². The normalized spacial score (nSPS) is 17.1. The van der Waals surface area contributed by atoms with Gasteiger partial charge >= 0.3 is 0 Å². The number of benzene rings is 1. The van der Waals surface area contributed by atoms with Crippen molar-refractivity contribution < 1.29 is 9.00 Å². The molecule has 5 nitrogen and oxygen atoms in total. The first-order chi connectivity index (χ1) is 12.7. The molecule has 1 atom stereocenters. The zero-order valence-corrected chi connectivity index (χ0v) is 15.8. The molecule has 2 aliphatic heterocycles. The Kier molecular flexibility index (Phi) is 4.87. The quantitative estimate of drug-likeness (QED) is 0.881. The number of amides is 1. The Labute approximate surface area is 156 Å². The van der Waals surface area contributed by atoms with Gasteiger partial charge in [-0.05, 0) is 59.7 Å². The van der Waals surface area contributed by atoms with Crippen LogP contribution in [0.1, 0.15) is 36.5 Å². The van der Waals surface area contributed by atoms with E-state index >= 15 is 0 Å². The lowest BCUT2D eigenvalue weighted by atomic mass is 9.88. The Balaban J connectivity index is 1.67. The lowest BCUT2D eigenvalue weighted by Gasteiger charge is -2.35. The first-order valence-corrected chi connectivity index (χ1v) is 10.5.